The second-order valence-corrected chi connectivity index (χ2v) is 7.09. The molecule has 0 saturated carbocycles. The molecule has 0 spiro atoms. The van der Waals surface area contributed by atoms with Gasteiger partial charge in [-0.2, -0.15) is 0 Å². The lowest BCUT2D eigenvalue weighted by atomic mass is 10.2. The Hall–Kier alpha value is -1.54. The van der Waals surface area contributed by atoms with Crippen molar-refractivity contribution in [3.05, 3.63) is 24.3 Å². The second kappa shape index (κ2) is 5.84. The summed E-state index contributed by atoms with van der Waals surface area (Å²) in [4.78, 5) is 17.3. The lowest BCUT2D eigenvalue weighted by Gasteiger charge is -2.31. The van der Waals surface area contributed by atoms with E-state index in [1.54, 1.807) is 7.05 Å². The normalized spacial score (nSPS) is 22.4. The quantitative estimate of drug-likeness (QED) is 0.867. The first kappa shape index (κ1) is 14.9. The molecule has 1 N–H and O–H groups in total. The zero-order valence-corrected chi connectivity index (χ0v) is 11.9. The van der Waals surface area contributed by atoms with E-state index in [4.69, 9.17) is 0 Å². The summed E-state index contributed by atoms with van der Waals surface area (Å²) in [7, 11) is -1.32. The van der Waals surface area contributed by atoms with E-state index < -0.39 is 21.6 Å². The number of hydrogen-bond acceptors (Lipinski definition) is 5. The van der Waals surface area contributed by atoms with Crippen molar-refractivity contribution in [1.29, 1.82) is 0 Å². The van der Waals surface area contributed by atoms with E-state index in [0.717, 1.165) is 6.20 Å². The maximum absolute atomic E-state index is 13.3. The largest absolute Gasteiger partial charge is 0.323 e. The molecular formula is C12H16FN3O3S. The minimum atomic E-state index is -3.10. The monoisotopic (exact) mass is 301 g/mol. The van der Waals surface area contributed by atoms with Gasteiger partial charge in [0.2, 0.25) is 5.91 Å². The topological polar surface area (TPSA) is 79.4 Å². The molecule has 2 rings (SSSR count). The minimum Gasteiger partial charge on any atom is -0.323 e. The molecule has 1 amide bonds. The van der Waals surface area contributed by atoms with Crippen molar-refractivity contribution in [2.45, 2.75) is 12.5 Å². The SMILES string of the molecule is CN1CCS(=O)(=O)CC1CC(=O)Nc1ccncc1F. The number of halogens is 1. The summed E-state index contributed by atoms with van der Waals surface area (Å²) in [6.07, 6.45) is 2.39. The van der Waals surface area contributed by atoms with E-state index >= 15 is 0 Å². The molecule has 6 nitrogen and oxygen atoms in total. The first-order valence-electron chi connectivity index (χ1n) is 6.17. The predicted molar refractivity (Wildman–Crippen MR) is 72.5 cm³/mol. The van der Waals surface area contributed by atoms with Crippen molar-refractivity contribution >= 4 is 21.4 Å². The Labute approximate surface area is 116 Å². The Bertz CT molecular complexity index is 606. The average molecular weight is 301 g/mol. The van der Waals surface area contributed by atoms with Gasteiger partial charge in [0.25, 0.3) is 0 Å². The van der Waals surface area contributed by atoms with Gasteiger partial charge in [0, 0.05) is 25.2 Å². The molecule has 0 aromatic carbocycles. The summed E-state index contributed by atoms with van der Waals surface area (Å²) in [5.41, 5.74) is 0.0475. The summed E-state index contributed by atoms with van der Waals surface area (Å²) in [6, 6.07) is 0.979. The number of hydrogen-bond donors (Lipinski definition) is 1. The Balaban J connectivity index is 1.99. The number of aromatic nitrogens is 1. The fraction of sp³-hybridized carbons (Fsp3) is 0.500. The molecular weight excluding hydrogens is 285 g/mol. The van der Waals surface area contributed by atoms with E-state index in [-0.39, 0.29) is 29.7 Å². The Morgan fingerprint density at radius 1 is 1.60 bits per heavy atom. The molecule has 1 aromatic heterocycles. The highest BCUT2D eigenvalue weighted by atomic mass is 32.2. The highest BCUT2D eigenvalue weighted by Gasteiger charge is 2.30. The van der Waals surface area contributed by atoms with Gasteiger partial charge in [-0.3, -0.25) is 9.78 Å². The van der Waals surface area contributed by atoms with Crippen LogP contribution in [0.3, 0.4) is 0 Å². The fourth-order valence-electron chi connectivity index (χ4n) is 2.08. The highest BCUT2D eigenvalue weighted by molar-refractivity contribution is 7.91. The molecule has 1 saturated heterocycles. The van der Waals surface area contributed by atoms with Crippen molar-refractivity contribution in [3.63, 3.8) is 0 Å². The van der Waals surface area contributed by atoms with Crippen molar-refractivity contribution in [2.24, 2.45) is 0 Å². The molecule has 1 fully saturated rings. The summed E-state index contributed by atoms with van der Waals surface area (Å²) < 4.78 is 36.5. The number of nitrogens with zero attached hydrogens (tertiary/aromatic N) is 2. The number of pyridine rings is 1. The van der Waals surface area contributed by atoms with Gasteiger partial charge in [-0.25, -0.2) is 12.8 Å². The second-order valence-electron chi connectivity index (χ2n) is 4.86. The number of carbonyl (C=O) groups is 1. The number of carbonyl (C=O) groups excluding carboxylic acids is 1. The molecule has 2 heterocycles. The van der Waals surface area contributed by atoms with Crippen molar-refractivity contribution in [1.82, 2.24) is 9.88 Å². The van der Waals surface area contributed by atoms with Crippen LogP contribution in [0.5, 0.6) is 0 Å². The Kier molecular flexibility index (Phi) is 4.34. The maximum Gasteiger partial charge on any atom is 0.226 e. The zero-order valence-electron chi connectivity index (χ0n) is 11.0. The summed E-state index contributed by atoms with van der Waals surface area (Å²) >= 11 is 0. The number of anilines is 1. The van der Waals surface area contributed by atoms with Gasteiger partial charge in [0.1, 0.15) is 0 Å². The van der Waals surface area contributed by atoms with Crippen LogP contribution in [0.15, 0.2) is 18.5 Å². The molecule has 8 heteroatoms. The smallest absolute Gasteiger partial charge is 0.226 e. The first-order chi connectivity index (χ1) is 9.37. The van der Waals surface area contributed by atoms with Crippen LogP contribution in [0.25, 0.3) is 0 Å². The summed E-state index contributed by atoms with van der Waals surface area (Å²) in [5, 5.41) is 2.43. The third-order valence-corrected chi connectivity index (χ3v) is 4.99. The maximum atomic E-state index is 13.3. The fourth-order valence-corrected chi connectivity index (χ4v) is 3.77. The Morgan fingerprint density at radius 3 is 3.05 bits per heavy atom. The van der Waals surface area contributed by atoms with Gasteiger partial charge in [0.05, 0.1) is 23.4 Å². The van der Waals surface area contributed by atoms with E-state index in [9.17, 15) is 17.6 Å². The molecule has 1 aromatic rings. The van der Waals surface area contributed by atoms with Gasteiger partial charge in [-0.1, -0.05) is 0 Å². The van der Waals surface area contributed by atoms with Crippen molar-refractivity contribution < 1.29 is 17.6 Å². The van der Waals surface area contributed by atoms with Crippen molar-refractivity contribution in [2.75, 3.05) is 30.4 Å². The van der Waals surface area contributed by atoms with Gasteiger partial charge < -0.3 is 10.2 Å². The molecule has 110 valence electrons. The van der Waals surface area contributed by atoms with E-state index in [1.165, 1.54) is 12.3 Å². The molecule has 0 radical (unpaired) electrons. The van der Waals surface area contributed by atoms with E-state index in [0.29, 0.717) is 6.54 Å². The molecule has 20 heavy (non-hydrogen) atoms. The molecule has 1 atom stereocenters. The first-order valence-corrected chi connectivity index (χ1v) is 7.99. The standard InChI is InChI=1S/C12H16FN3O3S/c1-16-4-5-20(18,19)8-9(16)6-12(17)15-11-2-3-14-7-10(11)13/h2-3,7,9H,4-6,8H2,1H3,(H,14,15,17). The molecule has 0 aliphatic carbocycles. The average Bonchev–Trinajstić information content (AvgIpc) is 2.36. The van der Waals surface area contributed by atoms with Crippen LogP contribution in [0, 0.1) is 5.82 Å². The van der Waals surface area contributed by atoms with Crippen LogP contribution in [0.1, 0.15) is 6.42 Å². The zero-order chi connectivity index (χ0) is 14.8. The van der Waals surface area contributed by atoms with Crippen molar-refractivity contribution in [3.8, 4) is 0 Å². The van der Waals surface area contributed by atoms with Crippen LogP contribution >= 0.6 is 0 Å². The lowest BCUT2D eigenvalue weighted by molar-refractivity contribution is -0.117. The highest BCUT2D eigenvalue weighted by Crippen LogP contribution is 2.15. The van der Waals surface area contributed by atoms with Crippen LogP contribution in [0.2, 0.25) is 0 Å². The molecule has 0 bridgehead atoms. The van der Waals surface area contributed by atoms with Gasteiger partial charge in [0.15, 0.2) is 15.7 Å². The Morgan fingerprint density at radius 2 is 2.35 bits per heavy atom. The molecule has 1 unspecified atom stereocenters. The number of amides is 1. The van der Waals surface area contributed by atoms with Crippen LogP contribution in [-0.4, -0.2) is 55.3 Å². The van der Waals surface area contributed by atoms with Crippen LogP contribution < -0.4 is 5.32 Å². The van der Waals surface area contributed by atoms with Gasteiger partial charge in [-0.15, -0.1) is 0 Å². The molecule has 1 aliphatic heterocycles. The van der Waals surface area contributed by atoms with Crippen LogP contribution in [0.4, 0.5) is 10.1 Å². The van der Waals surface area contributed by atoms with Crippen LogP contribution in [-0.2, 0) is 14.6 Å². The number of nitrogens with one attached hydrogen (secondary N) is 1. The number of sulfone groups is 1. The summed E-state index contributed by atoms with van der Waals surface area (Å²) in [6.45, 7) is 0.407. The van der Waals surface area contributed by atoms with Gasteiger partial charge >= 0.3 is 0 Å². The minimum absolute atomic E-state index is 0.0114. The van der Waals surface area contributed by atoms with Gasteiger partial charge in [-0.05, 0) is 13.1 Å². The van der Waals surface area contributed by atoms with E-state index in [2.05, 4.69) is 10.3 Å². The number of rotatable bonds is 3. The summed E-state index contributed by atoms with van der Waals surface area (Å²) in [5.74, 6) is -0.967. The lowest BCUT2D eigenvalue weighted by Crippen LogP contribution is -2.47. The third-order valence-electron chi connectivity index (χ3n) is 3.29. The molecule has 1 aliphatic rings. The van der Waals surface area contributed by atoms with E-state index in [1.807, 2.05) is 4.90 Å². The predicted octanol–water partition coefficient (Wildman–Crippen LogP) is 0.278. The third kappa shape index (κ3) is 3.73.